The molecule has 1 aliphatic carbocycles. The topological polar surface area (TPSA) is 186 Å². The number of carboxylic acid groups (broad SMARTS) is 1. The van der Waals surface area contributed by atoms with Gasteiger partial charge in [0.15, 0.2) is 0 Å². The molecular formula is C24H28N4O8S. The van der Waals surface area contributed by atoms with Gasteiger partial charge in [-0.25, -0.2) is 22.8 Å². The number of nitrogens with two attached hydrogens (primary N) is 1. The van der Waals surface area contributed by atoms with E-state index in [4.69, 9.17) is 15.2 Å². The van der Waals surface area contributed by atoms with Crippen LogP contribution in [0.2, 0.25) is 0 Å². The fourth-order valence-corrected chi connectivity index (χ4v) is 4.85. The van der Waals surface area contributed by atoms with Crippen molar-refractivity contribution in [2.75, 3.05) is 12.4 Å². The van der Waals surface area contributed by atoms with Crippen molar-refractivity contribution in [2.45, 2.75) is 38.3 Å². The number of carbonyl (C=O) groups is 3. The molecule has 0 fully saturated rings. The van der Waals surface area contributed by atoms with Crippen molar-refractivity contribution in [1.82, 2.24) is 10.6 Å². The Balaban J connectivity index is 1.62. The van der Waals surface area contributed by atoms with Crippen LogP contribution in [-0.2, 0) is 24.3 Å². The molecule has 0 spiro atoms. The predicted molar refractivity (Wildman–Crippen MR) is 134 cm³/mol. The van der Waals surface area contributed by atoms with Crippen LogP contribution in [-0.4, -0.2) is 61.6 Å². The number of amides is 2. The number of alkyl carbamates (subject to hydrolysis) is 2. The summed E-state index contributed by atoms with van der Waals surface area (Å²) in [5.74, 6) is -3.86. The average Bonchev–Trinajstić information content (AvgIpc) is 3.09. The Kier molecular flexibility index (Phi) is 8.06. The standard InChI is InChI=1S/C24H28N4O8S/c1-24(2,3)36-23(32)27-21(25)28-37(33,34)13-19(20(29)30)26-22(31)35-12-18-16-10-6-4-8-14(16)15-9-5-7-11-17(15)18/h4-11,18-19H,12-13H2,1-3H3,(H,26,31)(H,29,30)(H3,25,27,28,32)/t19-/m0/s1. The molecule has 0 radical (unpaired) electrons. The van der Waals surface area contributed by atoms with Crippen molar-refractivity contribution in [2.24, 2.45) is 10.1 Å². The fourth-order valence-electron chi connectivity index (χ4n) is 3.79. The molecule has 0 aliphatic heterocycles. The van der Waals surface area contributed by atoms with E-state index in [-0.39, 0.29) is 12.5 Å². The molecule has 2 amide bonds. The lowest BCUT2D eigenvalue weighted by molar-refractivity contribution is -0.138. The molecule has 0 unspecified atom stereocenters. The number of carbonyl (C=O) groups excluding carboxylic acids is 2. The van der Waals surface area contributed by atoms with Gasteiger partial charge in [0.2, 0.25) is 5.96 Å². The highest BCUT2D eigenvalue weighted by molar-refractivity contribution is 7.90. The molecular weight excluding hydrogens is 504 g/mol. The van der Waals surface area contributed by atoms with Gasteiger partial charge in [-0.3, -0.25) is 5.32 Å². The van der Waals surface area contributed by atoms with Gasteiger partial charge in [-0.15, -0.1) is 4.40 Å². The van der Waals surface area contributed by atoms with Crippen LogP contribution in [0.25, 0.3) is 11.1 Å². The van der Waals surface area contributed by atoms with Crippen molar-refractivity contribution < 1.29 is 37.4 Å². The number of rotatable bonds is 7. The molecule has 12 nitrogen and oxygen atoms in total. The van der Waals surface area contributed by atoms with E-state index in [1.165, 1.54) is 0 Å². The summed E-state index contributed by atoms with van der Waals surface area (Å²) >= 11 is 0. The van der Waals surface area contributed by atoms with Crippen molar-refractivity contribution in [1.29, 1.82) is 0 Å². The first kappa shape index (κ1) is 27.5. The maximum Gasteiger partial charge on any atom is 0.414 e. The molecule has 2 aromatic rings. The Morgan fingerprint density at radius 3 is 2.08 bits per heavy atom. The summed E-state index contributed by atoms with van der Waals surface area (Å²) in [6.07, 6.45) is -2.16. The molecule has 198 valence electrons. The van der Waals surface area contributed by atoms with Gasteiger partial charge >= 0.3 is 18.2 Å². The van der Waals surface area contributed by atoms with Gasteiger partial charge in [0, 0.05) is 5.92 Å². The number of aliphatic carboxylic acids is 1. The molecule has 0 heterocycles. The summed E-state index contributed by atoms with van der Waals surface area (Å²) in [5, 5.41) is 13.4. The molecule has 1 aliphatic rings. The maximum absolute atomic E-state index is 12.4. The second-order valence-corrected chi connectivity index (χ2v) is 10.9. The normalized spacial score (nSPS) is 14.2. The summed E-state index contributed by atoms with van der Waals surface area (Å²) in [5.41, 5.74) is 8.49. The first-order chi connectivity index (χ1) is 17.3. The summed E-state index contributed by atoms with van der Waals surface area (Å²) in [6.45, 7) is 4.67. The molecule has 0 saturated heterocycles. The minimum absolute atomic E-state index is 0.0934. The number of hydrogen-bond acceptors (Lipinski definition) is 7. The average molecular weight is 533 g/mol. The summed E-state index contributed by atoms with van der Waals surface area (Å²) in [7, 11) is -4.53. The first-order valence-electron chi connectivity index (χ1n) is 11.2. The largest absolute Gasteiger partial charge is 0.480 e. The van der Waals surface area contributed by atoms with Crippen molar-refractivity contribution in [3.05, 3.63) is 59.7 Å². The fraction of sp³-hybridized carbons (Fsp3) is 0.333. The van der Waals surface area contributed by atoms with E-state index in [1.54, 1.807) is 20.8 Å². The minimum Gasteiger partial charge on any atom is -0.480 e. The molecule has 0 aromatic heterocycles. The summed E-state index contributed by atoms with van der Waals surface area (Å²) in [4.78, 5) is 35.7. The van der Waals surface area contributed by atoms with Crippen molar-refractivity contribution >= 4 is 34.1 Å². The van der Waals surface area contributed by atoms with Crippen LogP contribution in [0.5, 0.6) is 0 Å². The lowest BCUT2D eigenvalue weighted by atomic mass is 9.98. The van der Waals surface area contributed by atoms with Crippen molar-refractivity contribution in [3.8, 4) is 11.1 Å². The molecule has 37 heavy (non-hydrogen) atoms. The number of nitrogens with zero attached hydrogens (tertiary/aromatic N) is 1. The Morgan fingerprint density at radius 1 is 1.03 bits per heavy atom. The van der Waals surface area contributed by atoms with Crippen LogP contribution in [0.3, 0.4) is 0 Å². The number of hydrogen-bond donors (Lipinski definition) is 4. The molecule has 13 heteroatoms. The molecule has 1 atom stereocenters. The zero-order valence-corrected chi connectivity index (χ0v) is 21.2. The Bertz CT molecular complexity index is 1290. The number of carboxylic acids is 1. The van der Waals surface area contributed by atoms with Gasteiger partial charge in [0.05, 0.1) is 0 Å². The van der Waals surface area contributed by atoms with Crippen LogP contribution < -0.4 is 16.4 Å². The third kappa shape index (κ3) is 7.43. The first-order valence-corrected chi connectivity index (χ1v) is 12.8. The van der Waals surface area contributed by atoms with Crippen LogP contribution in [0.15, 0.2) is 52.9 Å². The molecule has 2 aromatic carbocycles. The van der Waals surface area contributed by atoms with Gasteiger partial charge < -0.3 is 25.6 Å². The lowest BCUT2D eigenvalue weighted by Crippen LogP contribution is -2.46. The van der Waals surface area contributed by atoms with Gasteiger partial charge in [-0.1, -0.05) is 48.5 Å². The highest BCUT2D eigenvalue weighted by Gasteiger charge is 2.31. The van der Waals surface area contributed by atoms with E-state index in [0.717, 1.165) is 22.3 Å². The predicted octanol–water partition coefficient (Wildman–Crippen LogP) is 2.15. The lowest BCUT2D eigenvalue weighted by Gasteiger charge is -2.19. The Hall–Kier alpha value is -4.13. The van der Waals surface area contributed by atoms with Gasteiger partial charge in [0.25, 0.3) is 10.0 Å². The summed E-state index contributed by atoms with van der Waals surface area (Å²) < 4.78 is 38.0. The third-order valence-corrected chi connectivity index (χ3v) is 6.41. The van der Waals surface area contributed by atoms with Crippen LogP contribution in [0.4, 0.5) is 9.59 Å². The van der Waals surface area contributed by atoms with Gasteiger partial charge in [-0.2, -0.15) is 0 Å². The molecule has 0 saturated carbocycles. The Labute approximate surface area is 213 Å². The zero-order valence-electron chi connectivity index (χ0n) is 20.4. The highest BCUT2D eigenvalue weighted by atomic mass is 32.2. The van der Waals surface area contributed by atoms with Crippen LogP contribution in [0.1, 0.15) is 37.8 Å². The quantitative estimate of drug-likeness (QED) is 0.306. The van der Waals surface area contributed by atoms with E-state index in [1.807, 2.05) is 59.2 Å². The SMILES string of the molecule is CC(C)(C)OC(=O)N/C(N)=N/S(=O)(=O)C[C@H](NC(=O)OCC1c2ccccc2-c2ccccc21)C(=O)O. The van der Waals surface area contributed by atoms with E-state index < -0.39 is 51.5 Å². The van der Waals surface area contributed by atoms with E-state index in [2.05, 4.69) is 4.40 Å². The number of nitrogens with one attached hydrogen (secondary N) is 2. The maximum atomic E-state index is 12.4. The van der Waals surface area contributed by atoms with E-state index >= 15 is 0 Å². The van der Waals surface area contributed by atoms with Crippen LogP contribution in [0, 0.1) is 0 Å². The molecule has 0 bridgehead atoms. The van der Waals surface area contributed by atoms with Gasteiger partial charge in [0.1, 0.15) is 24.0 Å². The number of ether oxygens (including phenoxy) is 2. The second kappa shape index (κ2) is 10.9. The number of fused-ring (bicyclic) bond motifs is 3. The second-order valence-electron chi connectivity index (χ2n) is 9.21. The molecule has 5 N–H and O–H groups in total. The third-order valence-electron chi connectivity index (χ3n) is 5.18. The Morgan fingerprint density at radius 2 is 1.57 bits per heavy atom. The highest BCUT2D eigenvalue weighted by Crippen LogP contribution is 2.44. The number of sulfonamides is 1. The number of guanidine groups is 1. The monoisotopic (exact) mass is 532 g/mol. The van der Waals surface area contributed by atoms with Gasteiger partial charge in [-0.05, 0) is 43.0 Å². The smallest absolute Gasteiger partial charge is 0.414 e. The van der Waals surface area contributed by atoms with E-state index in [9.17, 15) is 27.9 Å². The van der Waals surface area contributed by atoms with Crippen LogP contribution >= 0.6 is 0 Å². The van der Waals surface area contributed by atoms with E-state index in [0.29, 0.717) is 0 Å². The number of benzene rings is 2. The molecule has 3 rings (SSSR count). The minimum atomic E-state index is -4.53. The zero-order chi connectivity index (χ0) is 27.4. The van der Waals surface area contributed by atoms with Crippen molar-refractivity contribution in [3.63, 3.8) is 0 Å². The summed E-state index contributed by atoms with van der Waals surface area (Å²) in [6, 6.07) is 13.4.